The van der Waals surface area contributed by atoms with Gasteiger partial charge in [-0.2, -0.15) is 0 Å². The monoisotopic (exact) mass is 197 g/mol. The van der Waals surface area contributed by atoms with Crippen LogP contribution < -0.4 is 0 Å². The first-order chi connectivity index (χ1) is 6.85. The molecule has 0 nitrogen and oxygen atoms in total. The molecule has 0 heteroatoms. The van der Waals surface area contributed by atoms with E-state index in [0.29, 0.717) is 0 Å². The first-order valence-electron chi connectivity index (χ1n) is 6.64. The second-order valence-corrected chi connectivity index (χ2v) is 4.50. The quantitative estimate of drug-likeness (QED) is 0.413. The van der Waals surface area contributed by atoms with Crippen LogP contribution in [0.2, 0.25) is 0 Å². The minimum absolute atomic E-state index is 0.976. The Kier molecular flexibility index (Phi) is 11.1. The zero-order valence-corrected chi connectivity index (χ0v) is 10.4. The topological polar surface area (TPSA) is 0 Å². The third kappa shape index (κ3) is 8.59. The Labute approximate surface area is 91.5 Å². The smallest absolute Gasteiger partial charge is 0.0414 e. The Bertz CT molecular complexity index is 96.2. The van der Waals surface area contributed by atoms with Gasteiger partial charge < -0.3 is 0 Å². The minimum Gasteiger partial charge on any atom is -0.0654 e. The van der Waals surface area contributed by atoms with Crippen LogP contribution in [0.5, 0.6) is 0 Å². The molecule has 0 rings (SSSR count). The molecule has 0 aromatic heterocycles. The lowest BCUT2D eigenvalue weighted by Crippen LogP contribution is -2.00. The Morgan fingerprint density at radius 2 is 1.43 bits per heavy atom. The van der Waals surface area contributed by atoms with Crippen LogP contribution in [0, 0.1) is 12.8 Å². The van der Waals surface area contributed by atoms with Gasteiger partial charge in [0.2, 0.25) is 0 Å². The van der Waals surface area contributed by atoms with Crippen molar-refractivity contribution < 1.29 is 0 Å². The third-order valence-corrected chi connectivity index (χ3v) is 3.04. The van der Waals surface area contributed by atoms with Crippen molar-refractivity contribution in [2.45, 2.75) is 78.1 Å². The van der Waals surface area contributed by atoms with Crippen molar-refractivity contribution in [2.75, 3.05) is 0 Å². The van der Waals surface area contributed by atoms with Crippen LogP contribution in [0.3, 0.4) is 0 Å². The SMILES string of the molecule is [CH2]CCC(CCCC)CCCCCC. The molecule has 0 saturated heterocycles. The van der Waals surface area contributed by atoms with Crippen molar-refractivity contribution in [3.8, 4) is 0 Å². The van der Waals surface area contributed by atoms with Crippen molar-refractivity contribution in [3.63, 3.8) is 0 Å². The molecule has 0 aliphatic heterocycles. The zero-order chi connectivity index (χ0) is 10.6. The van der Waals surface area contributed by atoms with E-state index < -0.39 is 0 Å². The van der Waals surface area contributed by atoms with Crippen LogP contribution in [-0.2, 0) is 0 Å². The lowest BCUT2D eigenvalue weighted by Gasteiger charge is -2.15. The summed E-state index contributed by atoms with van der Waals surface area (Å²) >= 11 is 0. The molecule has 0 aliphatic carbocycles. The van der Waals surface area contributed by atoms with Gasteiger partial charge in [0, 0.05) is 0 Å². The van der Waals surface area contributed by atoms with E-state index in [9.17, 15) is 0 Å². The van der Waals surface area contributed by atoms with Crippen LogP contribution in [0.4, 0.5) is 0 Å². The molecule has 1 atom stereocenters. The molecule has 0 fully saturated rings. The van der Waals surface area contributed by atoms with E-state index in [1.165, 1.54) is 57.8 Å². The van der Waals surface area contributed by atoms with Gasteiger partial charge in [-0.3, -0.25) is 0 Å². The number of rotatable bonds is 10. The van der Waals surface area contributed by atoms with E-state index in [1.807, 2.05) is 0 Å². The predicted octanol–water partition coefficient (Wildman–Crippen LogP) is 5.38. The van der Waals surface area contributed by atoms with E-state index in [-0.39, 0.29) is 0 Å². The van der Waals surface area contributed by atoms with Gasteiger partial charge in [0.05, 0.1) is 0 Å². The van der Waals surface area contributed by atoms with Gasteiger partial charge >= 0.3 is 0 Å². The van der Waals surface area contributed by atoms with Gasteiger partial charge in [-0.05, 0) is 5.92 Å². The van der Waals surface area contributed by atoms with E-state index in [2.05, 4.69) is 20.8 Å². The van der Waals surface area contributed by atoms with Crippen LogP contribution >= 0.6 is 0 Å². The molecule has 0 amide bonds. The molecule has 0 aromatic rings. The first-order valence-corrected chi connectivity index (χ1v) is 6.64. The lowest BCUT2D eigenvalue weighted by molar-refractivity contribution is 0.390. The highest BCUT2D eigenvalue weighted by Crippen LogP contribution is 2.21. The number of hydrogen-bond acceptors (Lipinski definition) is 0. The summed E-state index contributed by atoms with van der Waals surface area (Å²) in [4.78, 5) is 0. The van der Waals surface area contributed by atoms with Crippen molar-refractivity contribution in [1.29, 1.82) is 0 Å². The maximum atomic E-state index is 3.98. The Morgan fingerprint density at radius 1 is 0.786 bits per heavy atom. The fourth-order valence-corrected chi connectivity index (χ4v) is 2.07. The fourth-order valence-electron chi connectivity index (χ4n) is 2.07. The molecule has 14 heavy (non-hydrogen) atoms. The van der Waals surface area contributed by atoms with Crippen molar-refractivity contribution in [1.82, 2.24) is 0 Å². The van der Waals surface area contributed by atoms with Crippen LogP contribution in [0.15, 0.2) is 0 Å². The summed E-state index contributed by atoms with van der Waals surface area (Å²) in [5, 5.41) is 0. The largest absolute Gasteiger partial charge is 0.0654 e. The van der Waals surface area contributed by atoms with Gasteiger partial charge in [-0.15, -0.1) is 0 Å². The molecule has 1 unspecified atom stereocenters. The highest BCUT2D eigenvalue weighted by molar-refractivity contribution is 4.61. The van der Waals surface area contributed by atoms with Gasteiger partial charge in [0.1, 0.15) is 0 Å². The maximum Gasteiger partial charge on any atom is -0.0414 e. The Morgan fingerprint density at radius 3 is 2.00 bits per heavy atom. The van der Waals surface area contributed by atoms with E-state index in [1.54, 1.807) is 0 Å². The molecule has 0 heterocycles. The fraction of sp³-hybridized carbons (Fsp3) is 0.929. The van der Waals surface area contributed by atoms with E-state index >= 15 is 0 Å². The molecule has 0 spiro atoms. The van der Waals surface area contributed by atoms with Crippen LogP contribution in [-0.4, -0.2) is 0 Å². The average molecular weight is 197 g/mol. The number of hydrogen-bond donors (Lipinski definition) is 0. The molecule has 0 saturated carbocycles. The summed E-state index contributed by atoms with van der Waals surface area (Å²) in [5.41, 5.74) is 0. The molecular weight excluding hydrogens is 168 g/mol. The van der Waals surface area contributed by atoms with Gasteiger partial charge in [0.15, 0.2) is 0 Å². The summed E-state index contributed by atoms with van der Waals surface area (Å²) < 4.78 is 0. The predicted molar refractivity (Wildman–Crippen MR) is 66.4 cm³/mol. The second kappa shape index (κ2) is 11.1. The minimum atomic E-state index is 0.976. The van der Waals surface area contributed by atoms with Gasteiger partial charge in [-0.25, -0.2) is 0 Å². The van der Waals surface area contributed by atoms with E-state index in [0.717, 1.165) is 12.3 Å². The Balaban J connectivity index is 3.40. The highest BCUT2D eigenvalue weighted by Gasteiger charge is 2.06. The summed E-state index contributed by atoms with van der Waals surface area (Å²) in [6.45, 7) is 8.55. The lowest BCUT2D eigenvalue weighted by atomic mass is 9.91. The molecule has 0 aromatic carbocycles. The van der Waals surface area contributed by atoms with E-state index in [4.69, 9.17) is 0 Å². The third-order valence-electron chi connectivity index (χ3n) is 3.04. The average Bonchev–Trinajstić information content (AvgIpc) is 2.20. The normalized spacial score (nSPS) is 13.1. The standard InChI is InChI=1S/C14H29/c1-4-7-9-10-13-14(11-6-3)12-8-5-2/h14H,3-13H2,1-2H3. The molecule has 0 N–H and O–H groups in total. The summed E-state index contributed by atoms with van der Waals surface area (Å²) in [7, 11) is 0. The van der Waals surface area contributed by atoms with Crippen molar-refractivity contribution in [3.05, 3.63) is 6.92 Å². The van der Waals surface area contributed by atoms with Crippen molar-refractivity contribution >= 4 is 0 Å². The second-order valence-electron chi connectivity index (χ2n) is 4.50. The summed E-state index contributed by atoms with van der Waals surface area (Å²) in [6, 6.07) is 0. The van der Waals surface area contributed by atoms with Crippen molar-refractivity contribution in [2.24, 2.45) is 5.92 Å². The number of unbranched alkanes of at least 4 members (excludes halogenated alkanes) is 4. The van der Waals surface area contributed by atoms with Gasteiger partial charge in [0.25, 0.3) is 0 Å². The highest BCUT2D eigenvalue weighted by atomic mass is 14.1. The molecule has 1 radical (unpaired) electrons. The van der Waals surface area contributed by atoms with Crippen LogP contribution in [0.1, 0.15) is 78.1 Å². The molecule has 0 aliphatic rings. The van der Waals surface area contributed by atoms with Crippen LogP contribution in [0.25, 0.3) is 0 Å². The molecular formula is C14H29. The molecule has 0 bridgehead atoms. The maximum absolute atomic E-state index is 3.98. The first kappa shape index (κ1) is 14.0. The molecule has 85 valence electrons. The summed E-state index contributed by atoms with van der Waals surface area (Å²) in [6.07, 6.45) is 13.8. The van der Waals surface area contributed by atoms with Gasteiger partial charge in [-0.1, -0.05) is 85.0 Å². The summed E-state index contributed by atoms with van der Waals surface area (Å²) in [5.74, 6) is 0.976. The zero-order valence-electron chi connectivity index (χ0n) is 10.4. The Hall–Kier alpha value is 0.